The van der Waals surface area contributed by atoms with E-state index < -0.39 is 5.60 Å². The van der Waals surface area contributed by atoms with Gasteiger partial charge in [0.1, 0.15) is 12.4 Å². The summed E-state index contributed by atoms with van der Waals surface area (Å²) in [5, 5.41) is 13.2. The summed E-state index contributed by atoms with van der Waals surface area (Å²) in [7, 11) is 0. The van der Waals surface area contributed by atoms with Gasteiger partial charge in [-0.25, -0.2) is 0 Å². The van der Waals surface area contributed by atoms with Gasteiger partial charge in [0.2, 0.25) is 0 Å². The molecule has 0 fully saturated rings. The summed E-state index contributed by atoms with van der Waals surface area (Å²) in [6.07, 6.45) is 1.80. The Labute approximate surface area is 118 Å². The lowest BCUT2D eigenvalue weighted by molar-refractivity contribution is 0.0494. The maximum absolute atomic E-state index is 9.95. The standard InChI is InChI=1S/C14H22BrNO2/c1-3-8-14(2,17)11-16-9-10-18-13-6-4-12(15)5-7-13/h4-7,16-17H,3,8-11H2,1-2H3. The maximum Gasteiger partial charge on any atom is 0.119 e. The smallest absolute Gasteiger partial charge is 0.119 e. The van der Waals surface area contributed by atoms with Gasteiger partial charge in [-0.1, -0.05) is 29.3 Å². The van der Waals surface area contributed by atoms with E-state index in [1.54, 1.807) is 0 Å². The Bertz CT molecular complexity index is 338. The number of aliphatic hydroxyl groups is 1. The number of benzene rings is 1. The van der Waals surface area contributed by atoms with Gasteiger partial charge in [0.05, 0.1) is 5.60 Å². The molecule has 1 unspecified atom stereocenters. The van der Waals surface area contributed by atoms with Crippen LogP contribution in [0.4, 0.5) is 0 Å². The quantitative estimate of drug-likeness (QED) is 0.725. The molecule has 0 aliphatic rings. The molecule has 4 heteroatoms. The maximum atomic E-state index is 9.95. The van der Waals surface area contributed by atoms with Gasteiger partial charge in [-0.3, -0.25) is 0 Å². The van der Waals surface area contributed by atoms with E-state index in [9.17, 15) is 5.11 Å². The normalized spacial score (nSPS) is 14.2. The summed E-state index contributed by atoms with van der Waals surface area (Å²) in [6, 6.07) is 7.76. The SMILES string of the molecule is CCCC(C)(O)CNCCOc1ccc(Br)cc1. The number of rotatable bonds is 8. The highest BCUT2D eigenvalue weighted by atomic mass is 79.9. The lowest BCUT2D eigenvalue weighted by Crippen LogP contribution is -2.39. The van der Waals surface area contributed by atoms with Gasteiger partial charge in [0.15, 0.2) is 0 Å². The second-order valence-electron chi connectivity index (χ2n) is 4.73. The summed E-state index contributed by atoms with van der Waals surface area (Å²) in [5.74, 6) is 0.861. The van der Waals surface area contributed by atoms with Gasteiger partial charge < -0.3 is 15.2 Å². The van der Waals surface area contributed by atoms with Gasteiger partial charge in [-0.15, -0.1) is 0 Å². The zero-order valence-corrected chi connectivity index (χ0v) is 12.7. The minimum absolute atomic E-state index is 0.601. The molecule has 0 bridgehead atoms. The zero-order valence-electron chi connectivity index (χ0n) is 11.1. The van der Waals surface area contributed by atoms with Gasteiger partial charge in [0, 0.05) is 17.6 Å². The van der Waals surface area contributed by atoms with Gasteiger partial charge in [0.25, 0.3) is 0 Å². The molecule has 0 amide bonds. The third-order valence-electron chi connectivity index (χ3n) is 2.66. The Morgan fingerprint density at radius 1 is 1.33 bits per heavy atom. The van der Waals surface area contributed by atoms with Crippen molar-refractivity contribution in [2.24, 2.45) is 0 Å². The number of hydrogen-bond acceptors (Lipinski definition) is 3. The van der Waals surface area contributed by atoms with E-state index in [0.29, 0.717) is 13.2 Å². The topological polar surface area (TPSA) is 41.5 Å². The molecule has 0 aliphatic heterocycles. The van der Waals surface area contributed by atoms with Crippen LogP contribution < -0.4 is 10.1 Å². The summed E-state index contributed by atoms with van der Waals surface area (Å²) >= 11 is 3.38. The van der Waals surface area contributed by atoms with E-state index in [1.165, 1.54) is 0 Å². The monoisotopic (exact) mass is 315 g/mol. The molecule has 1 aromatic rings. The Hall–Kier alpha value is -0.580. The van der Waals surface area contributed by atoms with Crippen LogP contribution in [0.15, 0.2) is 28.7 Å². The Balaban J connectivity index is 2.14. The predicted octanol–water partition coefficient (Wildman–Crippen LogP) is 2.97. The largest absolute Gasteiger partial charge is 0.492 e. The molecule has 2 N–H and O–H groups in total. The molecule has 1 aromatic carbocycles. The van der Waals surface area contributed by atoms with Crippen molar-refractivity contribution in [3.05, 3.63) is 28.7 Å². The molecule has 18 heavy (non-hydrogen) atoms. The predicted molar refractivity (Wildman–Crippen MR) is 78.0 cm³/mol. The molecule has 102 valence electrons. The lowest BCUT2D eigenvalue weighted by Gasteiger charge is -2.23. The van der Waals surface area contributed by atoms with Crippen LogP contribution in [0.3, 0.4) is 0 Å². The minimum Gasteiger partial charge on any atom is -0.492 e. The molecule has 0 saturated carbocycles. The van der Waals surface area contributed by atoms with Crippen LogP contribution in [-0.4, -0.2) is 30.4 Å². The van der Waals surface area contributed by atoms with Crippen LogP contribution in [0, 0.1) is 0 Å². The van der Waals surface area contributed by atoms with Crippen LogP contribution in [-0.2, 0) is 0 Å². The van der Waals surface area contributed by atoms with Crippen molar-refractivity contribution < 1.29 is 9.84 Å². The molecule has 3 nitrogen and oxygen atoms in total. The number of halogens is 1. The average Bonchev–Trinajstić information content (AvgIpc) is 2.31. The highest BCUT2D eigenvalue weighted by molar-refractivity contribution is 9.10. The Morgan fingerprint density at radius 3 is 2.61 bits per heavy atom. The molecule has 1 atom stereocenters. The zero-order chi connectivity index (χ0) is 13.4. The third kappa shape index (κ3) is 6.38. The fraction of sp³-hybridized carbons (Fsp3) is 0.571. The molecule has 0 spiro atoms. The summed E-state index contributed by atoms with van der Waals surface area (Å²) < 4.78 is 6.62. The van der Waals surface area contributed by atoms with Gasteiger partial charge >= 0.3 is 0 Å². The van der Waals surface area contributed by atoms with E-state index in [0.717, 1.165) is 29.6 Å². The van der Waals surface area contributed by atoms with Crippen LogP contribution >= 0.6 is 15.9 Å². The van der Waals surface area contributed by atoms with Crippen molar-refractivity contribution in [1.82, 2.24) is 5.32 Å². The fourth-order valence-electron chi connectivity index (χ4n) is 1.76. The van der Waals surface area contributed by atoms with E-state index in [-0.39, 0.29) is 0 Å². The first-order chi connectivity index (χ1) is 8.53. The molecule has 0 saturated heterocycles. The minimum atomic E-state index is -0.619. The van der Waals surface area contributed by atoms with Gasteiger partial charge in [-0.2, -0.15) is 0 Å². The van der Waals surface area contributed by atoms with Crippen molar-refractivity contribution in [1.29, 1.82) is 0 Å². The number of ether oxygens (including phenoxy) is 1. The third-order valence-corrected chi connectivity index (χ3v) is 3.18. The van der Waals surface area contributed by atoms with Crippen LogP contribution in [0.1, 0.15) is 26.7 Å². The van der Waals surface area contributed by atoms with E-state index in [4.69, 9.17) is 4.74 Å². The molecule has 0 aliphatic carbocycles. The highest BCUT2D eigenvalue weighted by Crippen LogP contribution is 2.15. The van der Waals surface area contributed by atoms with Crippen molar-refractivity contribution in [3.63, 3.8) is 0 Å². The van der Waals surface area contributed by atoms with E-state index in [1.807, 2.05) is 31.2 Å². The summed E-state index contributed by atoms with van der Waals surface area (Å²) in [4.78, 5) is 0. The van der Waals surface area contributed by atoms with Crippen molar-refractivity contribution in [2.45, 2.75) is 32.3 Å². The number of hydrogen-bond donors (Lipinski definition) is 2. The number of nitrogens with one attached hydrogen (secondary N) is 1. The van der Waals surface area contributed by atoms with Crippen LogP contribution in [0.5, 0.6) is 5.75 Å². The average molecular weight is 316 g/mol. The second-order valence-corrected chi connectivity index (χ2v) is 5.64. The van der Waals surface area contributed by atoms with Crippen LogP contribution in [0.25, 0.3) is 0 Å². The molecule has 1 rings (SSSR count). The fourth-order valence-corrected chi connectivity index (χ4v) is 2.02. The van der Waals surface area contributed by atoms with Crippen molar-refractivity contribution in [3.8, 4) is 5.75 Å². The lowest BCUT2D eigenvalue weighted by atomic mass is 10.0. The molecule has 0 radical (unpaired) electrons. The van der Waals surface area contributed by atoms with E-state index >= 15 is 0 Å². The molecule has 0 aromatic heterocycles. The first-order valence-electron chi connectivity index (χ1n) is 6.35. The van der Waals surface area contributed by atoms with Gasteiger partial charge in [-0.05, 0) is 37.6 Å². The summed E-state index contributed by atoms with van der Waals surface area (Å²) in [5.41, 5.74) is -0.619. The molecule has 0 heterocycles. The van der Waals surface area contributed by atoms with Crippen LogP contribution in [0.2, 0.25) is 0 Å². The first-order valence-corrected chi connectivity index (χ1v) is 7.14. The first kappa shape index (κ1) is 15.5. The Morgan fingerprint density at radius 2 is 2.00 bits per heavy atom. The Kier molecular flexibility index (Phi) is 6.68. The molecular weight excluding hydrogens is 294 g/mol. The van der Waals surface area contributed by atoms with Crippen molar-refractivity contribution in [2.75, 3.05) is 19.7 Å². The highest BCUT2D eigenvalue weighted by Gasteiger charge is 2.17. The van der Waals surface area contributed by atoms with Crippen molar-refractivity contribution >= 4 is 15.9 Å². The van der Waals surface area contributed by atoms with E-state index in [2.05, 4.69) is 28.2 Å². The second kappa shape index (κ2) is 7.77. The molecular formula is C14H22BrNO2. The summed E-state index contributed by atoms with van der Waals surface area (Å²) in [6.45, 7) is 5.87.